The van der Waals surface area contributed by atoms with Gasteiger partial charge in [-0.2, -0.15) is 0 Å². The highest BCUT2D eigenvalue weighted by molar-refractivity contribution is 9.10. The van der Waals surface area contributed by atoms with Crippen molar-refractivity contribution in [3.05, 3.63) is 34.3 Å². The molecule has 0 aliphatic heterocycles. The van der Waals surface area contributed by atoms with E-state index in [0.29, 0.717) is 12.5 Å². The van der Waals surface area contributed by atoms with Crippen molar-refractivity contribution in [3.8, 4) is 0 Å². The monoisotopic (exact) mass is 342 g/mol. The van der Waals surface area contributed by atoms with Crippen molar-refractivity contribution in [2.24, 2.45) is 5.92 Å². The average molecular weight is 343 g/mol. The lowest BCUT2D eigenvalue weighted by atomic mass is 10.2. The summed E-state index contributed by atoms with van der Waals surface area (Å²) in [7, 11) is 0. The Bertz CT molecular complexity index is 457. The molecule has 0 unspecified atom stereocenters. The number of hydrogen-bond donors (Lipinski definition) is 0. The fourth-order valence-electron chi connectivity index (χ4n) is 1.40. The molecule has 0 saturated heterocycles. The van der Waals surface area contributed by atoms with Crippen LogP contribution < -0.4 is 0 Å². The van der Waals surface area contributed by atoms with Crippen LogP contribution in [0.25, 0.3) is 0 Å². The Morgan fingerprint density at radius 1 is 1.15 bits per heavy atom. The molecule has 4 nitrogen and oxygen atoms in total. The Morgan fingerprint density at radius 2 is 1.80 bits per heavy atom. The summed E-state index contributed by atoms with van der Waals surface area (Å²) >= 11 is 3.35. The molecule has 0 heterocycles. The molecule has 0 aliphatic rings. The SMILES string of the molecule is CC(C)COC(=O)CCC(=O)OCc1cccc(Br)c1. The van der Waals surface area contributed by atoms with Gasteiger partial charge in [0, 0.05) is 4.47 Å². The second-order valence-corrected chi connectivity index (χ2v) is 5.78. The van der Waals surface area contributed by atoms with E-state index in [1.165, 1.54) is 0 Å². The van der Waals surface area contributed by atoms with Gasteiger partial charge in [-0.1, -0.05) is 41.9 Å². The lowest BCUT2D eigenvalue weighted by Crippen LogP contribution is -2.12. The molecule has 20 heavy (non-hydrogen) atoms. The zero-order valence-electron chi connectivity index (χ0n) is 11.7. The number of halogens is 1. The Kier molecular flexibility index (Phi) is 7.30. The van der Waals surface area contributed by atoms with Crippen LogP contribution in [0.15, 0.2) is 28.7 Å². The van der Waals surface area contributed by atoms with Gasteiger partial charge in [0.15, 0.2) is 0 Å². The zero-order chi connectivity index (χ0) is 15.0. The van der Waals surface area contributed by atoms with E-state index in [-0.39, 0.29) is 25.4 Å². The molecule has 0 N–H and O–H groups in total. The van der Waals surface area contributed by atoms with Gasteiger partial charge in [-0.25, -0.2) is 0 Å². The number of carbonyl (C=O) groups is 2. The summed E-state index contributed by atoms with van der Waals surface area (Å²) < 4.78 is 11.0. The van der Waals surface area contributed by atoms with Crippen molar-refractivity contribution in [2.45, 2.75) is 33.3 Å². The first-order valence-corrected chi connectivity index (χ1v) is 7.32. The Hall–Kier alpha value is -1.36. The third-order valence-corrected chi connectivity index (χ3v) is 2.89. The van der Waals surface area contributed by atoms with Gasteiger partial charge >= 0.3 is 11.9 Å². The van der Waals surface area contributed by atoms with Gasteiger partial charge in [-0.3, -0.25) is 9.59 Å². The Balaban J connectivity index is 2.22. The molecule has 0 saturated carbocycles. The number of esters is 2. The quantitative estimate of drug-likeness (QED) is 0.712. The maximum absolute atomic E-state index is 11.5. The van der Waals surface area contributed by atoms with Crippen LogP contribution in [0.2, 0.25) is 0 Å². The van der Waals surface area contributed by atoms with E-state index in [0.717, 1.165) is 10.0 Å². The summed E-state index contributed by atoms with van der Waals surface area (Å²) in [5.74, 6) is -0.466. The van der Waals surface area contributed by atoms with Crippen molar-refractivity contribution >= 4 is 27.9 Å². The highest BCUT2D eigenvalue weighted by Crippen LogP contribution is 2.12. The number of rotatable bonds is 7. The normalized spacial score (nSPS) is 10.4. The van der Waals surface area contributed by atoms with Gasteiger partial charge in [-0.05, 0) is 23.6 Å². The van der Waals surface area contributed by atoms with Gasteiger partial charge < -0.3 is 9.47 Å². The minimum Gasteiger partial charge on any atom is -0.465 e. The molecule has 0 amide bonds. The second-order valence-electron chi connectivity index (χ2n) is 4.87. The molecule has 1 rings (SSSR count). The molecule has 5 heteroatoms. The van der Waals surface area contributed by atoms with E-state index in [1.807, 2.05) is 38.1 Å². The smallest absolute Gasteiger partial charge is 0.306 e. The van der Waals surface area contributed by atoms with Crippen molar-refractivity contribution < 1.29 is 19.1 Å². The Labute approximate surface area is 127 Å². The molecule has 0 fully saturated rings. The summed E-state index contributed by atoms with van der Waals surface area (Å²) in [5, 5.41) is 0. The molecular weight excluding hydrogens is 324 g/mol. The third-order valence-electron chi connectivity index (χ3n) is 2.40. The first-order valence-electron chi connectivity index (χ1n) is 6.53. The highest BCUT2D eigenvalue weighted by Gasteiger charge is 2.10. The van der Waals surface area contributed by atoms with Crippen LogP contribution in [0, 0.1) is 5.92 Å². The molecule has 0 bridgehead atoms. The van der Waals surface area contributed by atoms with Crippen molar-refractivity contribution in [1.29, 1.82) is 0 Å². The van der Waals surface area contributed by atoms with Crippen LogP contribution in [-0.4, -0.2) is 18.5 Å². The average Bonchev–Trinajstić information content (AvgIpc) is 2.40. The van der Waals surface area contributed by atoms with E-state index in [9.17, 15) is 9.59 Å². The summed E-state index contributed by atoms with van der Waals surface area (Å²) in [5.41, 5.74) is 0.898. The number of hydrogen-bond acceptors (Lipinski definition) is 4. The van der Waals surface area contributed by atoms with Crippen molar-refractivity contribution in [2.75, 3.05) is 6.61 Å². The molecule has 1 aromatic rings. The van der Waals surface area contributed by atoms with Gasteiger partial charge in [-0.15, -0.1) is 0 Å². The van der Waals surface area contributed by atoms with Crippen LogP contribution in [-0.2, 0) is 25.7 Å². The largest absolute Gasteiger partial charge is 0.465 e. The predicted molar refractivity (Wildman–Crippen MR) is 79.0 cm³/mol. The first kappa shape index (κ1) is 16.7. The number of benzene rings is 1. The summed E-state index contributed by atoms with van der Waals surface area (Å²) in [6.45, 7) is 4.50. The molecule has 0 aromatic heterocycles. The van der Waals surface area contributed by atoms with Crippen LogP contribution in [0.5, 0.6) is 0 Å². The molecule has 110 valence electrons. The van der Waals surface area contributed by atoms with Crippen molar-refractivity contribution in [3.63, 3.8) is 0 Å². The van der Waals surface area contributed by atoms with Gasteiger partial charge in [0.1, 0.15) is 6.61 Å². The van der Waals surface area contributed by atoms with Crippen LogP contribution in [0.4, 0.5) is 0 Å². The molecule has 0 aliphatic carbocycles. The molecule has 0 spiro atoms. The minimum atomic E-state index is -0.397. The maximum Gasteiger partial charge on any atom is 0.306 e. The van der Waals surface area contributed by atoms with E-state index in [2.05, 4.69) is 15.9 Å². The molecule has 0 atom stereocenters. The predicted octanol–water partition coefficient (Wildman–Crippen LogP) is 3.47. The lowest BCUT2D eigenvalue weighted by molar-refractivity contribution is -0.151. The van der Waals surface area contributed by atoms with Crippen LogP contribution in [0.3, 0.4) is 0 Å². The highest BCUT2D eigenvalue weighted by atomic mass is 79.9. The van der Waals surface area contributed by atoms with E-state index >= 15 is 0 Å². The van der Waals surface area contributed by atoms with Crippen molar-refractivity contribution in [1.82, 2.24) is 0 Å². The minimum absolute atomic E-state index is 0.0466. The van der Waals surface area contributed by atoms with Gasteiger partial charge in [0.05, 0.1) is 19.4 Å². The standard InChI is InChI=1S/C15H19BrO4/c1-11(2)9-19-14(17)6-7-15(18)20-10-12-4-3-5-13(16)8-12/h3-5,8,11H,6-7,9-10H2,1-2H3. The molecule has 1 aromatic carbocycles. The van der Waals surface area contributed by atoms with Gasteiger partial charge in [0.25, 0.3) is 0 Å². The topological polar surface area (TPSA) is 52.6 Å². The van der Waals surface area contributed by atoms with Crippen LogP contribution in [0.1, 0.15) is 32.3 Å². The molecular formula is C15H19BrO4. The second kappa shape index (κ2) is 8.74. The summed E-state index contributed by atoms with van der Waals surface area (Å²) in [6, 6.07) is 7.52. The molecule has 0 radical (unpaired) electrons. The Morgan fingerprint density at radius 3 is 2.40 bits per heavy atom. The summed E-state index contributed by atoms with van der Waals surface area (Å²) in [6.07, 6.45) is 0.106. The van der Waals surface area contributed by atoms with E-state index < -0.39 is 5.97 Å². The first-order chi connectivity index (χ1) is 9.47. The lowest BCUT2D eigenvalue weighted by Gasteiger charge is -2.07. The zero-order valence-corrected chi connectivity index (χ0v) is 13.3. The maximum atomic E-state index is 11.5. The fraction of sp³-hybridized carbons (Fsp3) is 0.467. The third kappa shape index (κ3) is 7.28. The number of carbonyl (C=O) groups excluding carboxylic acids is 2. The fourth-order valence-corrected chi connectivity index (χ4v) is 1.85. The van der Waals surface area contributed by atoms with E-state index in [1.54, 1.807) is 0 Å². The number of ether oxygens (including phenoxy) is 2. The summed E-state index contributed by atoms with van der Waals surface area (Å²) in [4.78, 5) is 22.8. The van der Waals surface area contributed by atoms with E-state index in [4.69, 9.17) is 9.47 Å². The van der Waals surface area contributed by atoms with Crippen LogP contribution >= 0.6 is 15.9 Å². The van der Waals surface area contributed by atoms with Gasteiger partial charge in [0.2, 0.25) is 0 Å².